The number of rotatable bonds is 5. The highest BCUT2D eigenvalue weighted by molar-refractivity contribution is 5.71. The first kappa shape index (κ1) is 16.3. The second-order valence-corrected chi connectivity index (χ2v) is 4.69. The number of esters is 1. The monoisotopic (exact) mass is 267 g/mol. The predicted octanol–water partition coefficient (Wildman–Crippen LogP) is -1.71. The molecular weight excluding hydrogens is 246 g/mol. The van der Waals surface area contributed by atoms with Crippen molar-refractivity contribution in [3.63, 3.8) is 0 Å². The van der Waals surface area contributed by atoms with Gasteiger partial charge in [-0.15, -0.1) is 0 Å². The number of ether oxygens (including phenoxy) is 1. The van der Waals surface area contributed by atoms with E-state index in [1.54, 1.807) is 0 Å². The van der Waals surface area contributed by atoms with Gasteiger partial charge in [-0.3, -0.25) is 4.79 Å². The van der Waals surface area contributed by atoms with E-state index in [0.717, 1.165) is 17.4 Å². The lowest BCUT2D eigenvalue weighted by Crippen LogP contribution is -3.00. The fraction of sp³-hybridized carbons (Fsp3) is 0.900. The topological polar surface area (TPSA) is 26.3 Å². The van der Waals surface area contributed by atoms with E-state index in [1.807, 2.05) is 13.8 Å². The molecule has 0 aliphatic carbocycles. The van der Waals surface area contributed by atoms with Crippen molar-refractivity contribution in [3.05, 3.63) is 0 Å². The highest BCUT2D eigenvalue weighted by Gasteiger charge is 2.10. The second kappa shape index (κ2) is 7.23. The SMILES string of the molecule is CC(C)C(=O)OCCC[N+](C)(C)C.[Br-]. The van der Waals surface area contributed by atoms with Crippen LogP contribution in [0, 0.1) is 5.92 Å². The molecule has 0 fully saturated rings. The largest absolute Gasteiger partial charge is 1.00 e. The third-order valence-corrected chi connectivity index (χ3v) is 1.69. The van der Waals surface area contributed by atoms with E-state index in [2.05, 4.69) is 21.1 Å². The number of hydrogen-bond donors (Lipinski definition) is 0. The van der Waals surface area contributed by atoms with Gasteiger partial charge in [-0.25, -0.2) is 0 Å². The van der Waals surface area contributed by atoms with Crippen LogP contribution >= 0.6 is 0 Å². The van der Waals surface area contributed by atoms with Crippen molar-refractivity contribution in [3.8, 4) is 0 Å². The van der Waals surface area contributed by atoms with E-state index in [-0.39, 0.29) is 28.9 Å². The zero-order valence-corrected chi connectivity index (χ0v) is 11.4. The number of carbonyl (C=O) groups is 1. The summed E-state index contributed by atoms with van der Waals surface area (Å²) >= 11 is 0. The van der Waals surface area contributed by atoms with Crippen LogP contribution < -0.4 is 17.0 Å². The molecule has 0 atom stereocenters. The highest BCUT2D eigenvalue weighted by atomic mass is 79.9. The van der Waals surface area contributed by atoms with Gasteiger partial charge < -0.3 is 26.2 Å². The summed E-state index contributed by atoms with van der Waals surface area (Å²) in [4.78, 5) is 11.0. The maximum absolute atomic E-state index is 11.0. The second-order valence-electron chi connectivity index (χ2n) is 4.69. The lowest BCUT2D eigenvalue weighted by molar-refractivity contribution is -0.870. The molecule has 0 saturated heterocycles. The van der Waals surface area contributed by atoms with Crippen LogP contribution in [0.2, 0.25) is 0 Å². The fourth-order valence-corrected chi connectivity index (χ4v) is 0.878. The molecule has 0 aromatic heterocycles. The minimum absolute atomic E-state index is 0. The molecule has 0 aromatic carbocycles. The van der Waals surface area contributed by atoms with Crippen molar-refractivity contribution >= 4 is 5.97 Å². The Morgan fingerprint density at radius 2 is 1.79 bits per heavy atom. The Hall–Kier alpha value is -0.0900. The predicted molar refractivity (Wildman–Crippen MR) is 53.3 cm³/mol. The quantitative estimate of drug-likeness (QED) is 0.337. The summed E-state index contributed by atoms with van der Waals surface area (Å²) in [6, 6.07) is 0. The van der Waals surface area contributed by atoms with Gasteiger partial charge in [-0.1, -0.05) is 13.8 Å². The molecule has 4 heteroatoms. The third kappa shape index (κ3) is 9.99. The Balaban J connectivity index is 0. The van der Waals surface area contributed by atoms with Crippen molar-refractivity contribution in [2.24, 2.45) is 5.92 Å². The summed E-state index contributed by atoms with van der Waals surface area (Å²) in [5, 5.41) is 0. The summed E-state index contributed by atoms with van der Waals surface area (Å²) in [6.45, 7) is 5.28. The number of quaternary nitrogens is 1. The third-order valence-electron chi connectivity index (χ3n) is 1.69. The molecule has 0 aromatic rings. The summed E-state index contributed by atoms with van der Waals surface area (Å²) in [6.07, 6.45) is 0.932. The van der Waals surface area contributed by atoms with E-state index >= 15 is 0 Å². The van der Waals surface area contributed by atoms with Crippen molar-refractivity contribution in [1.29, 1.82) is 0 Å². The average Bonchev–Trinajstić information content (AvgIpc) is 1.95. The smallest absolute Gasteiger partial charge is 0.308 e. The van der Waals surface area contributed by atoms with Gasteiger partial charge in [0.15, 0.2) is 0 Å². The van der Waals surface area contributed by atoms with Gasteiger partial charge in [-0.2, -0.15) is 0 Å². The van der Waals surface area contributed by atoms with Crippen molar-refractivity contribution < 1.29 is 31.0 Å². The Morgan fingerprint density at radius 1 is 1.29 bits per heavy atom. The van der Waals surface area contributed by atoms with E-state index in [9.17, 15) is 4.79 Å². The standard InChI is InChI=1S/C10H22NO2.BrH/c1-9(2)10(12)13-8-6-7-11(3,4)5;/h9H,6-8H2,1-5H3;1H/q+1;/p-1. The van der Waals surface area contributed by atoms with E-state index in [4.69, 9.17) is 4.74 Å². The molecule has 0 bridgehead atoms. The van der Waals surface area contributed by atoms with Gasteiger partial charge in [0, 0.05) is 6.42 Å². The van der Waals surface area contributed by atoms with Crippen LogP contribution in [-0.2, 0) is 9.53 Å². The van der Waals surface area contributed by atoms with Crippen LogP contribution in [0.4, 0.5) is 0 Å². The summed E-state index contributed by atoms with van der Waals surface area (Å²) < 4.78 is 5.97. The summed E-state index contributed by atoms with van der Waals surface area (Å²) in [7, 11) is 6.39. The van der Waals surface area contributed by atoms with Crippen molar-refractivity contribution in [2.75, 3.05) is 34.3 Å². The van der Waals surface area contributed by atoms with Crippen LogP contribution in [0.5, 0.6) is 0 Å². The molecule has 0 N–H and O–H groups in total. The number of hydrogen-bond acceptors (Lipinski definition) is 2. The molecule has 0 aliphatic rings. The Labute approximate surface area is 97.8 Å². The number of halogens is 1. The summed E-state index contributed by atoms with van der Waals surface area (Å²) in [5.74, 6) is -0.106. The minimum atomic E-state index is -0.0959. The molecule has 0 radical (unpaired) electrons. The first-order valence-corrected chi connectivity index (χ1v) is 4.80. The molecule has 3 nitrogen and oxygen atoms in total. The van der Waals surface area contributed by atoms with Gasteiger partial charge in [0.05, 0.1) is 40.2 Å². The molecule has 0 spiro atoms. The molecule has 0 rings (SSSR count). The van der Waals surface area contributed by atoms with E-state index < -0.39 is 0 Å². The van der Waals surface area contributed by atoms with Crippen LogP contribution in [0.1, 0.15) is 20.3 Å². The van der Waals surface area contributed by atoms with Crippen LogP contribution in [-0.4, -0.2) is 44.7 Å². The van der Waals surface area contributed by atoms with Gasteiger partial charge in [0.1, 0.15) is 0 Å². The fourth-order valence-electron chi connectivity index (χ4n) is 0.878. The van der Waals surface area contributed by atoms with E-state index in [1.165, 1.54) is 0 Å². The molecule has 0 heterocycles. The first-order chi connectivity index (χ1) is 5.83. The Bertz CT molecular complexity index is 164. The van der Waals surface area contributed by atoms with Crippen LogP contribution in [0.25, 0.3) is 0 Å². The zero-order valence-electron chi connectivity index (χ0n) is 9.84. The van der Waals surface area contributed by atoms with Crippen molar-refractivity contribution in [2.45, 2.75) is 20.3 Å². The normalized spacial score (nSPS) is 11.0. The average molecular weight is 268 g/mol. The molecule has 14 heavy (non-hydrogen) atoms. The first-order valence-electron chi connectivity index (χ1n) is 4.80. The lowest BCUT2D eigenvalue weighted by Gasteiger charge is -2.23. The van der Waals surface area contributed by atoms with Crippen molar-refractivity contribution in [1.82, 2.24) is 0 Å². The van der Waals surface area contributed by atoms with Gasteiger partial charge in [0.25, 0.3) is 0 Å². The number of nitrogens with zero attached hydrogens (tertiary/aromatic N) is 1. The van der Waals surface area contributed by atoms with Crippen LogP contribution in [0.15, 0.2) is 0 Å². The minimum Gasteiger partial charge on any atom is -1.00 e. The molecule has 86 valence electrons. The summed E-state index contributed by atoms with van der Waals surface area (Å²) in [5.41, 5.74) is 0. The van der Waals surface area contributed by atoms with Gasteiger partial charge >= 0.3 is 5.97 Å². The number of carbonyl (C=O) groups excluding carboxylic acids is 1. The highest BCUT2D eigenvalue weighted by Crippen LogP contribution is 1.98. The molecule has 0 aliphatic heterocycles. The molecule has 0 amide bonds. The molecular formula is C10H22BrNO2. The Morgan fingerprint density at radius 3 is 2.14 bits per heavy atom. The van der Waals surface area contributed by atoms with Gasteiger partial charge in [-0.05, 0) is 0 Å². The lowest BCUT2D eigenvalue weighted by atomic mass is 10.2. The molecule has 0 saturated carbocycles. The van der Waals surface area contributed by atoms with Gasteiger partial charge in [0.2, 0.25) is 0 Å². The zero-order chi connectivity index (χ0) is 10.5. The molecule has 0 unspecified atom stereocenters. The van der Waals surface area contributed by atoms with E-state index in [0.29, 0.717) is 6.61 Å². The maximum atomic E-state index is 11.0. The van der Waals surface area contributed by atoms with Crippen LogP contribution in [0.3, 0.4) is 0 Å². The maximum Gasteiger partial charge on any atom is 0.308 e. The Kier molecular flexibility index (Phi) is 8.45.